The van der Waals surface area contributed by atoms with Gasteiger partial charge in [-0.25, -0.2) is 0 Å². The maximum atomic E-state index is 11.5. The Morgan fingerprint density at radius 1 is 1.36 bits per heavy atom. The Balaban J connectivity index is 2.55. The minimum absolute atomic E-state index is 0.138. The van der Waals surface area contributed by atoms with E-state index in [9.17, 15) is 4.79 Å². The van der Waals surface area contributed by atoms with Crippen LogP contribution in [0.4, 0.5) is 0 Å². The molecule has 0 saturated carbocycles. The van der Waals surface area contributed by atoms with Crippen molar-refractivity contribution in [3.63, 3.8) is 0 Å². The van der Waals surface area contributed by atoms with Gasteiger partial charge in [-0.05, 0) is 24.6 Å². The first-order valence-electron chi connectivity index (χ1n) is 4.37. The molecule has 0 aliphatic rings. The third-order valence-corrected chi connectivity index (χ3v) is 2.04. The second kappa shape index (κ2) is 3.14. The van der Waals surface area contributed by atoms with Crippen LogP contribution in [0.1, 0.15) is 17.5 Å². The molecule has 0 fully saturated rings. The predicted octanol–water partition coefficient (Wildman–Crippen LogP) is 3.19. The maximum Gasteiger partial charge on any atom is 0.223 e. The molecule has 2 nitrogen and oxygen atoms in total. The van der Waals surface area contributed by atoms with Crippen LogP contribution in [0.25, 0.3) is 11.0 Å². The SMILES string of the molecule is C=C(C)C(=O)c1cc2ccccc2o1. The van der Waals surface area contributed by atoms with E-state index in [1.54, 1.807) is 13.0 Å². The van der Waals surface area contributed by atoms with E-state index in [1.807, 2.05) is 24.3 Å². The normalized spacial score (nSPS) is 10.4. The lowest BCUT2D eigenvalue weighted by molar-refractivity contribution is 0.101. The molecule has 0 spiro atoms. The number of carbonyl (C=O) groups is 1. The van der Waals surface area contributed by atoms with E-state index in [2.05, 4.69) is 6.58 Å². The van der Waals surface area contributed by atoms with Gasteiger partial charge in [0.05, 0.1) is 0 Å². The zero-order valence-corrected chi connectivity index (χ0v) is 7.91. The Kier molecular flexibility index (Phi) is 1.97. The zero-order chi connectivity index (χ0) is 10.1. The average molecular weight is 186 g/mol. The van der Waals surface area contributed by atoms with Gasteiger partial charge in [0.25, 0.3) is 0 Å². The molecular weight excluding hydrogens is 176 g/mol. The highest BCUT2D eigenvalue weighted by molar-refractivity contribution is 6.07. The van der Waals surface area contributed by atoms with Crippen molar-refractivity contribution < 1.29 is 9.21 Å². The second-order valence-corrected chi connectivity index (χ2v) is 3.26. The first-order chi connectivity index (χ1) is 6.68. The first kappa shape index (κ1) is 8.75. The summed E-state index contributed by atoms with van der Waals surface area (Å²) < 4.78 is 5.38. The number of hydrogen-bond donors (Lipinski definition) is 0. The number of rotatable bonds is 2. The van der Waals surface area contributed by atoms with E-state index in [-0.39, 0.29) is 5.78 Å². The third-order valence-electron chi connectivity index (χ3n) is 2.04. The van der Waals surface area contributed by atoms with Crippen molar-refractivity contribution in [2.45, 2.75) is 6.92 Å². The first-order valence-corrected chi connectivity index (χ1v) is 4.37. The van der Waals surface area contributed by atoms with Crippen molar-refractivity contribution in [2.24, 2.45) is 0 Å². The zero-order valence-electron chi connectivity index (χ0n) is 7.91. The number of ketones is 1. The number of Topliss-reactive ketones (excluding diaryl/α,β-unsaturated/α-hetero) is 1. The molecule has 0 bridgehead atoms. The highest BCUT2D eigenvalue weighted by Crippen LogP contribution is 2.20. The quantitative estimate of drug-likeness (QED) is 0.532. The number of allylic oxidation sites excluding steroid dienone is 1. The van der Waals surface area contributed by atoms with Crippen LogP contribution in [-0.4, -0.2) is 5.78 Å². The Bertz CT molecular complexity index is 473. The molecule has 0 N–H and O–H groups in total. The van der Waals surface area contributed by atoms with E-state index in [1.165, 1.54) is 0 Å². The molecule has 0 radical (unpaired) electrons. The van der Waals surface area contributed by atoms with Crippen LogP contribution in [0.15, 0.2) is 46.9 Å². The fourth-order valence-corrected chi connectivity index (χ4v) is 1.30. The maximum absolute atomic E-state index is 11.5. The smallest absolute Gasteiger partial charge is 0.223 e. The molecule has 0 saturated heterocycles. The van der Waals surface area contributed by atoms with Gasteiger partial charge in [-0.2, -0.15) is 0 Å². The number of para-hydroxylation sites is 1. The Morgan fingerprint density at radius 2 is 2.07 bits per heavy atom. The molecule has 2 aromatic rings. The predicted molar refractivity (Wildman–Crippen MR) is 55.4 cm³/mol. The molecule has 0 aliphatic carbocycles. The fourth-order valence-electron chi connectivity index (χ4n) is 1.30. The van der Waals surface area contributed by atoms with Crippen LogP contribution in [0.5, 0.6) is 0 Å². The van der Waals surface area contributed by atoms with Crippen LogP contribution in [0, 0.1) is 0 Å². The minimum Gasteiger partial charge on any atom is -0.453 e. The van der Waals surface area contributed by atoms with Crippen LogP contribution >= 0.6 is 0 Å². The molecule has 0 amide bonds. The molecule has 2 heteroatoms. The van der Waals surface area contributed by atoms with Gasteiger partial charge in [0, 0.05) is 5.39 Å². The van der Waals surface area contributed by atoms with E-state index in [0.717, 1.165) is 11.0 Å². The topological polar surface area (TPSA) is 30.2 Å². The molecule has 0 unspecified atom stereocenters. The molecule has 1 heterocycles. The summed E-state index contributed by atoms with van der Waals surface area (Å²) in [6.45, 7) is 5.27. The fraction of sp³-hybridized carbons (Fsp3) is 0.0833. The Hall–Kier alpha value is -1.83. The molecule has 2 rings (SSSR count). The van der Waals surface area contributed by atoms with Crippen LogP contribution in [0.3, 0.4) is 0 Å². The van der Waals surface area contributed by atoms with E-state index < -0.39 is 0 Å². The standard InChI is InChI=1S/C12H10O2/c1-8(2)12(13)11-7-9-5-3-4-6-10(9)14-11/h3-7H,1H2,2H3. The van der Waals surface area contributed by atoms with Crippen LogP contribution in [0.2, 0.25) is 0 Å². The van der Waals surface area contributed by atoms with Crippen molar-refractivity contribution in [2.75, 3.05) is 0 Å². The largest absolute Gasteiger partial charge is 0.453 e. The summed E-state index contributed by atoms with van der Waals surface area (Å²) in [6, 6.07) is 9.28. The summed E-state index contributed by atoms with van der Waals surface area (Å²) in [5.41, 5.74) is 1.22. The van der Waals surface area contributed by atoms with Crippen molar-refractivity contribution in [3.05, 3.63) is 48.2 Å². The molecule has 14 heavy (non-hydrogen) atoms. The second-order valence-electron chi connectivity index (χ2n) is 3.26. The number of hydrogen-bond acceptors (Lipinski definition) is 2. The summed E-state index contributed by atoms with van der Waals surface area (Å²) in [6.07, 6.45) is 0. The van der Waals surface area contributed by atoms with Crippen molar-refractivity contribution >= 4 is 16.8 Å². The van der Waals surface area contributed by atoms with Crippen molar-refractivity contribution in [3.8, 4) is 0 Å². The lowest BCUT2D eigenvalue weighted by Gasteiger charge is -1.91. The molecule has 0 aliphatic heterocycles. The molecular formula is C12H10O2. The number of carbonyl (C=O) groups excluding carboxylic acids is 1. The average Bonchev–Trinajstić information content (AvgIpc) is 2.59. The van der Waals surface area contributed by atoms with Gasteiger partial charge in [0.2, 0.25) is 5.78 Å². The van der Waals surface area contributed by atoms with Gasteiger partial charge in [0.15, 0.2) is 5.76 Å². The van der Waals surface area contributed by atoms with Crippen molar-refractivity contribution in [1.29, 1.82) is 0 Å². The lowest BCUT2D eigenvalue weighted by atomic mass is 10.1. The molecule has 1 aromatic carbocycles. The summed E-state index contributed by atoms with van der Waals surface area (Å²) in [7, 11) is 0. The summed E-state index contributed by atoms with van der Waals surface area (Å²) in [5, 5.41) is 0.942. The molecule has 70 valence electrons. The number of benzene rings is 1. The number of furan rings is 1. The minimum atomic E-state index is -0.138. The highest BCUT2D eigenvalue weighted by Gasteiger charge is 2.11. The Morgan fingerprint density at radius 3 is 2.71 bits per heavy atom. The summed E-state index contributed by atoms with van der Waals surface area (Å²) in [4.78, 5) is 11.5. The van der Waals surface area contributed by atoms with Gasteiger partial charge in [-0.1, -0.05) is 24.8 Å². The van der Waals surface area contributed by atoms with Gasteiger partial charge < -0.3 is 4.42 Å². The van der Waals surface area contributed by atoms with Crippen LogP contribution in [-0.2, 0) is 0 Å². The van der Waals surface area contributed by atoms with E-state index in [0.29, 0.717) is 11.3 Å². The Labute approximate surface area is 81.8 Å². The molecule has 1 aromatic heterocycles. The van der Waals surface area contributed by atoms with Gasteiger partial charge in [0.1, 0.15) is 5.58 Å². The highest BCUT2D eigenvalue weighted by atomic mass is 16.3. The number of fused-ring (bicyclic) bond motifs is 1. The van der Waals surface area contributed by atoms with Crippen LogP contribution < -0.4 is 0 Å². The van der Waals surface area contributed by atoms with Gasteiger partial charge in [-0.3, -0.25) is 4.79 Å². The van der Waals surface area contributed by atoms with E-state index >= 15 is 0 Å². The third kappa shape index (κ3) is 1.35. The monoisotopic (exact) mass is 186 g/mol. The summed E-state index contributed by atoms with van der Waals surface area (Å²) >= 11 is 0. The lowest BCUT2D eigenvalue weighted by Crippen LogP contribution is -1.96. The van der Waals surface area contributed by atoms with Gasteiger partial charge in [-0.15, -0.1) is 0 Å². The van der Waals surface area contributed by atoms with E-state index in [4.69, 9.17) is 4.42 Å². The summed E-state index contributed by atoms with van der Waals surface area (Å²) in [5.74, 6) is 0.222. The van der Waals surface area contributed by atoms with Gasteiger partial charge >= 0.3 is 0 Å². The van der Waals surface area contributed by atoms with Crippen molar-refractivity contribution in [1.82, 2.24) is 0 Å². The molecule has 0 atom stereocenters.